The van der Waals surface area contributed by atoms with Crippen molar-refractivity contribution in [1.29, 1.82) is 0 Å². The highest BCUT2D eigenvalue weighted by molar-refractivity contribution is 6.30. The highest BCUT2D eigenvalue weighted by atomic mass is 35.5. The Morgan fingerprint density at radius 2 is 1.77 bits per heavy atom. The molecule has 0 saturated heterocycles. The summed E-state index contributed by atoms with van der Waals surface area (Å²) in [6.45, 7) is 0. The molecule has 0 atom stereocenters. The number of carbonyl (C=O) groups excluding carboxylic acids is 2. The summed E-state index contributed by atoms with van der Waals surface area (Å²) in [7, 11) is 0. The van der Waals surface area contributed by atoms with Gasteiger partial charge in [-0.15, -0.1) is 4.91 Å². The Hall–Kier alpha value is -2.67. The summed E-state index contributed by atoms with van der Waals surface area (Å²) in [5.74, 6) is -4.68. The van der Waals surface area contributed by atoms with Gasteiger partial charge in [0.15, 0.2) is 0 Å². The molecular weight excluding hydrogens is 320 g/mol. The first kappa shape index (κ1) is 15.7. The molecule has 2 aromatic carbocycles. The molecule has 22 heavy (non-hydrogen) atoms. The van der Waals surface area contributed by atoms with Crippen LogP contribution in [0.4, 0.5) is 8.78 Å². The number of esters is 1. The van der Waals surface area contributed by atoms with E-state index in [4.69, 9.17) is 16.3 Å². The third kappa shape index (κ3) is 3.32. The predicted molar refractivity (Wildman–Crippen MR) is 72.9 cm³/mol. The van der Waals surface area contributed by atoms with Crippen molar-refractivity contribution < 1.29 is 23.1 Å². The smallest absolute Gasteiger partial charge is 0.346 e. The summed E-state index contributed by atoms with van der Waals surface area (Å²) in [6, 6.07) is 5.70. The number of ether oxygens (including phenoxy) is 1. The van der Waals surface area contributed by atoms with E-state index in [1.165, 1.54) is 6.07 Å². The quantitative estimate of drug-likeness (QED) is 0.489. The van der Waals surface area contributed by atoms with Gasteiger partial charge in [-0.05, 0) is 30.3 Å². The van der Waals surface area contributed by atoms with Gasteiger partial charge >= 0.3 is 11.9 Å². The van der Waals surface area contributed by atoms with Crippen LogP contribution in [0.3, 0.4) is 0 Å². The van der Waals surface area contributed by atoms with Gasteiger partial charge < -0.3 is 4.74 Å². The molecule has 0 saturated carbocycles. The van der Waals surface area contributed by atoms with Crippen LogP contribution in [-0.4, -0.2) is 11.9 Å². The van der Waals surface area contributed by atoms with E-state index in [2.05, 4.69) is 5.18 Å². The van der Waals surface area contributed by atoms with Crippen LogP contribution < -0.4 is 4.74 Å². The number of nitrogens with zero attached hydrogens (tertiary/aromatic N) is 1. The van der Waals surface area contributed by atoms with Crippen LogP contribution in [0.5, 0.6) is 5.75 Å². The monoisotopic (exact) mass is 325 g/mol. The lowest BCUT2D eigenvalue weighted by atomic mass is 10.2. The van der Waals surface area contributed by atoms with Gasteiger partial charge in [-0.2, -0.15) is 0 Å². The molecule has 0 aliphatic heterocycles. The molecule has 0 aliphatic rings. The zero-order valence-electron chi connectivity index (χ0n) is 10.7. The second-order valence-corrected chi connectivity index (χ2v) is 4.49. The molecule has 0 aromatic heterocycles. The lowest BCUT2D eigenvalue weighted by Crippen LogP contribution is -2.13. The van der Waals surface area contributed by atoms with Crippen molar-refractivity contribution in [2.24, 2.45) is 5.18 Å². The number of halogens is 3. The molecule has 0 fully saturated rings. The third-order valence-corrected chi connectivity index (χ3v) is 2.84. The average molecular weight is 326 g/mol. The molecule has 0 aliphatic carbocycles. The minimum absolute atomic E-state index is 0.102. The van der Waals surface area contributed by atoms with Crippen molar-refractivity contribution in [2.45, 2.75) is 0 Å². The van der Waals surface area contributed by atoms with Gasteiger partial charge in [-0.25, -0.2) is 13.6 Å². The number of carbonyl (C=O) groups is 2. The topological polar surface area (TPSA) is 72.8 Å². The van der Waals surface area contributed by atoms with Gasteiger partial charge in [0.1, 0.15) is 17.4 Å². The third-order valence-electron chi connectivity index (χ3n) is 2.61. The minimum atomic E-state index is -1.25. The Bertz CT molecular complexity index is 779. The largest absolute Gasteiger partial charge is 0.422 e. The summed E-state index contributed by atoms with van der Waals surface area (Å²) < 4.78 is 31.4. The number of hydrogen-bond donors (Lipinski definition) is 0. The number of amides is 1. The summed E-state index contributed by atoms with van der Waals surface area (Å²) in [5, 5.41) is 2.31. The second kappa shape index (κ2) is 6.40. The van der Waals surface area contributed by atoms with Crippen LogP contribution in [0, 0.1) is 16.5 Å². The summed E-state index contributed by atoms with van der Waals surface area (Å²) >= 11 is 5.71. The summed E-state index contributed by atoms with van der Waals surface area (Å²) in [6.07, 6.45) is 0. The van der Waals surface area contributed by atoms with Crippen LogP contribution in [0.1, 0.15) is 20.7 Å². The lowest BCUT2D eigenvalue weighted by molar-refractivity contribution is 0.0727. The number of benzene rings is 2. The van der Waals surface area contributed by atoms with E-state index >= 15 is 0 Å². The van der Waals surface area contributed by atoms with E-state index in [9.17, 15) is 23.3 Å². The van der Waals surface area contributed by atoms with Gasteiger partial charge in [0.05, 0.1) is 11.1 Å². The van der Waals surface area contributed by atoms with Crippen molar-refractivity contribution in [2.75, 3.05) is 0 Å². The van der Waals surface area contributed by atoms with Crippen LogP contribution in [0.25, 0.3) is 0 Å². The Kier molecular flexibility index (Phi) is 4.57. The Morgan fingerprint density at radius 1 is 1.05 bits per heavy atom. The number of rotatable bonds is 3. The van der Waals surface area contributed by atoms with E-state index in [1.54, 1.807) is 0 Å². The maximum atomic E-state index is 13.5. The van der Waals surface area contributed by atoms with E-state index in [1.807, 2.05) is 0 Å². The van der Waals surface area contributed by atoms with Crippen LogP contribution in [0.15, 0.2) is 41.6 Å². The normalized spacial score (nSPS) is 10.1. The molecule has 0 unspecified atom stereocenters. The van der Waals surface area contributed by atoms with Gasteiger partial charge in [-0.3, -0.25) is 4.79 Å². The van der Waals surface area contributed by atoms with Gasteiger partial charge in [0, 0.05) is 16.3 Å². The zero-order chi connectivity index (χ0) is 16.3. The molecule has 112 valence electrons. The van der Waals surface area contributed by atoms with E-state index in [-0.39, 0.29) is 16.3 Å². The fourth-order valence-electron chi connectivity index (χ4n) is 1.62. The van der Waals surface area contributed by atoms with Gasteiger partial charge in [-0.1, -0.05) is 11.6 Å². The highest BCUT2D eigenvalue weighted by Gasteiger charge is 2.20. The molecule has 0 heterocycles. The molecule has 0 spiro atoms. The molecule has 0 radical (unpaired) electrons. The fourth-order valence-corrected chi connectivity index (χ4v) is 1.78. The fraction of sp³-hybridized carbons (Fsp3) is 0. The van der Waals surface area contributed by atoms with E-state index in [0.717, 1.165) is 24.3 Å². The van der Waals surface area contributed by atoms with Crippen molar-refractivity contribution in [3.63, 3.8) is 0 Å². The van der Waals surface area contributed by atoms with Crippen molar-refractivity contribution in [3.05, 3.63) is 69.1 Å². The SMILES string of the molecule is O=NC(=O)c1ccc(Cl)cc1OC(=O)c1cc(F)ccc1F. The van der Waals surface area contributed by atoms with Crippen LogP contribution in [-0.2, 0) is 0 Å². The minimum Gasteiger partial charge on any atom is -0.422 e. The maximum absolute atomic E-state index is 13.5. The molecule has 8 heteroatoms. The molecule has 0 N–H and O–H groups in total. The molecule has 5 nitrogen and oxygen atoms in total. The number of nitroso groups, excluding NO2 is 1. The molecule has 2 aromatic rings. The maximum Gasteiger partial charge on any atom is 0.346 e. The lowest BCUT2D eigenvalue weighted by Gasteiger charge is -2.08. The van der Waals surface area contributed by atoms with Gasteiger partial charge in [0.25, 0.3) is 0 Å². The van der Waals surface area contributed by atoms with Crippen molar-refractivity contribution in [3.8, 4) is 5.75 Å². The molecule has 1 amide bonds. The first-order valence-corrected chi connectivity index (χ1v) is 6.14. The zero-order valence-corrected chi connectivity index (χ0v) is 11.4. The first-order chi connectivity index (χ1) is 10.4. The highest BCUT2D eigenvalue weighted by Crippen LogP contribution is 2.25. The second-order valence-electron chi connectivity index (χ2n) is 4.05. The average Bonchev–Trinajstić information content (AvgIpc) is 2.49. The molecule has 0 bridgehead atoms. The van der Waals surface area contributed by atoms with Crippen molar-refractivity contribution >= 4 is 23.5 Å². The first-order valence-electron chi connectivity index (χ1n) is 5.77. The van der Waals surface area contributed by atoms with Gasteiger partial charge in [0.2, 0.25) is 0 Å². The van der Waals surface area contributed by atoms with E-state index < -0.39 is 29.1 Å². The summed E-state index contributed by atoms with van der Waals surface area (Å²) in [5.41, 5.74) is -0.998. The van der Waals surface area contributed by atoms with Crippen molar-refractivity contribution in [1.82, 2.24) is 0 Å². The Balaban J connectivity index is 2.39. The van der Waals surface area contributed by atoms with E-state index in [0.29, 0.717) is 6.07 Å². The summed E-state index contributed by atoms with van der Waals surface area (Å²) in [4.78, 5) is 33.5. The standard InChI is InChI=1S/C14H6ClF2NO4/c15-7-1-3-9(13(19)18-21)12(5-7)22-14(20)10-6-8(16)2-4-11(10)17/h1-6H. The Morgan fingerprint density at radius 3 is 2.45 bits per heavy atom. The number of hydrogen-bond acceptors (Lipinski definition) is 4. The Labute approximate surface area is 127 Å². The predicted octanol–water partition coefficient (Wildman–Crippen LogP) is 3.74. The van der Waals surface area contributed by atoms with Crippen LogP contribution in [0.2, 0.25) is 5.02 Å². The molecule has 2 rings (SSSR count). The molecular formula is C14H6ClF2NO4. The van der Waals surface area contributed by atoms with Crippen LogP contribution >= 0.6 is 11.6 Å².